The standard InChI is InChI=1S/C12H15FN2O4S/c1-2-3-20-6-9-8(16)4-10(19-9)15-5-7(13)11(17)14-12(15)18/h2,5,8-10,16H,1,3-4,6H2,(H,14,17,18)/t8-,9+,10+/m0/s1. The molecule has 20 heavy (non-hydrogen) atoms. The summed E-state index contributed by atoms with van der Waals surface area (Å²) in [5.74, 6) is 0.210. The zero-order chi connectivity index (χ0) is 14.7. The first kappa shape index (κ1) is 15.0. The van der Waals surface area contributed by atoms with E-state index in [1.54, 1.807) is 6.08 Å². The SMILES string of the molecule is C=CCSC[C@H]1O[C@@H](n2cc(F)c(=O)[nH]c2=O)C[C@@H]1O. The number of nitrogens with zero attached hydrogens (tertiary/aromatic N) is 1. The smallest absolute Gasteiger partial charge is 0.330 e. The molecule has 0 aliphatic carbocycles. The lowest BCUT2D eigenvalue weighted by molar-refractivity contribution is -0.00800. The molecule has 1 saturated heterocycles. The number of halogens is 1. The topological polar surface area (TPSA) is 84.3 Å². The predicted molar refractivity (Wildman–Crippen MR) is 73.3 cm³/mol. The third-order valence-corrected chi connectivity index (χ3v) is 3.99. The second-order valence-electron chi connectivity index (χ2n) is 4.40. The van der Waals surface area contributed by atoms with E-state index in [2.05, 4.69) is 6.58 Å². The average Bonchev–Trinajstić information content (AvgIpc) is 2.76. The molecule has 1 aromatic heterocycles. The van der Waals surface area contributed by atoms with Crippen LogP contribution in [0.25, 0.3) is 0 Å². The monoisotopic (exact) mass is 302 g/mol. The fraction of sp³-hybridized carbons (Fsp3) is 0.500. The van der Waals surface area contributed by atoms with Crippen molar-refractivity contribution in [2.45, 2.75) is 24.9 Å². The minimum Gasteiger partial charge on any atom is -0.390 e. The maximum Gasteiger partial charge on any atom is 0.330 e. The van der Waals surface area contributed by atoms with Crippen molar-refractivity contribution in [1.29, 1.82) is 0 Å². The van der Waals surface area contributed by atoms with Crippen LogP contribution in [-0.4, -0.2) is 38.4 Å². The first-order chi connectivity index (χ1) is 9.52. The van der Waals surface area contributed by atoms with Gasteiger partial charge in [-0.2, -0.15) is 16.2 Å². The summed E-state index contributed by atoms with van der Waals surface area (Å²) < 4.78 is 19.7. The maximum absolute atomic E-state index is 13.2. The average molecular weight is 302 g/mol. The van der Waals surface area contributed by atoms with Crippen molar-refractivity contribution in [1.82, 2.24) is 9.55 Å². The summed E-state index contributed by atoms with van der Waals surface area (Å²) in [5.41, 5.74) is -1.82. The fourth-order valence-electron chi connectivity index (χ4n) is 1.98. The van der Waals surface area contributed by atoms with Gasteiger partial charge in [-0.1, -0.05) is 6.08 Å². The molecular formula is C12H15FN2O4S. The Morgan fingerprint density at radius 2 is 2.40 bits per heavy atom. The number of nitrogens with one attached hydrogen (secondary N) is 1. The second kappa shape index (κ2) is 6.38. The molecule has 2 N–H and O–H groups in total. The third kappa shape index (κ3) is 3.20. The van der Waals surface area contributed by atoms with Gasteiger partial charge in [0.05, 0.1) is 18.4 Å². The summed E-state index contributed by atoms with van der Waals surface area (Å²) in [6.07, 6.45) is 0.762. The van der Waals surface area contributed by atoms with E-state index in [0.717, 1.165) is 16.5 Å². The van der Waals surface area contributed by atoms with Crippen molar-refractivity contribution in [3.8, 4) is 0 Å². The first-order valence-corrected chi connectivity index (χ1v) is 7.21. The quantitative estimate of drug-likeness (QED) is 0.601. The van der Waals surface area contributed by atoms with E-state index >= 15 is 0 Å². The molecule has 3 atom stereocenters. The Bertz CT molecular complexity index is 600. The van der Waals surface area contributed by atoms with Crippen LogP contribution in [0, 0.1) is 5.82 Å². The van der Waals surface area contributed by atoms with E-state index in [4.69, 9.17) is 4.74 Å². The molecule has 1 aliphatic rings. The maximum atomic E-state index is 13.2. The number of aliphatic hydroxyl groups is 1. The normalized spacial score (nSPS) is 25.8. The summed E-state index contributed by atoms with van der Waals surface area (Å²) >= 11 is 1.54. The van der Waals surface area contributed by atoms with Crippen LogP contribution in [-0.2, 0) is 4.74 Å². The minimum atomic E-state index is -1.07. The number of thioether (sulfide) groups is 1. The summed E-state index contributed by atoms with van der Waals surface area (Å²) in [4.78, 5) is 24.4. The van der Waals surface area contributed by atoms with E-state index in [9.17, 15) is 19.1 Å². The Hall–Kier alpha value is -1.38. The largest absolute Gasteiger partial charge is 0.390 e. The first-order valence-electron chi connectivity index (χ1n) is 6.06. The molecule has 1 aliphatic heterocycles. The number of aromatic nitrogens is 2. The molecule has 0 bridgehead atoms. The van der Waals surface area contributed by atoms with Crippen LogP contribution >= 0.6 is 11.8 Å². The van der Waals surface area contributed by atoms with Gasteiger partial charge in [-0.05, 0) is 0 Å². The molecule has 110 valence electrons. The van der Waals surface area contributed by atoms with Gasteiger partial charge in [0.15, 0.2) is 0 Å². The Morgan fingerprint density at radius 3 is 3.10 bits per heavy atom. The highest BCUT2D eigenvalue weighted by molar-refractivity contribution is 7.99. The Morgan fingerprint density at radius 1 is 1.65 bits per heavy atom. The van der Waals surface area contributed by atoms with E-state index in [1.807, 2.05) is 4.98 Å². The lowest BCUT2D eigenvalue weighted by Crippen LogP contribution is -2.34. The van der Waals surface area contributed by atoms with E-state index in [0.29, 0.717) is 5.75 Å². The highest BCUT2D eigenvalue weighted by Gasteiger charge is 2.35. The van der Waals surface area contributed by atoms with Crippen molar-refractivity contribution >= 4 is 11.8 Å². The van der Waals surface area contributed by atoms with Gasteiger partial charge in [-0.15, -0.1) is 6.58 Å². The van der Waals surface area contributed by atoms with Gasteiger partial charge in [-0.3, -0.25) is 14.3 Å². The molecule has 0 amide bonds. The lowest BCUT2D eigenvalue weighted by Gasteiger charge is -2.15. The summed E-state index contributed by atoms with van der Waals surface area (Å²) in [7, 11) is 0. The molecule has 1 aromatic rings. The van der Waals surface area contributed by atoms with Crippen molar-refractivity contribution in [3.63, 3.8) is 0 Å². The van der Waals surface area contributed by atoms with Crippen LogP contribution in [0.1, 0.15) is 12.6 Å². The molecule has 0 spiro atoms. The number of hydrogen-bond donors (Lipinski definition) is 2. The number of hydrogen-bond acceptors (Lipinski definition) is 5. The molecule has 0 radical (unpaired) electrons. The van der Waals surface area contributed by atoms with Crippen molar-refractivity contribution in [3.05, 3.63) is 45.5 Å². The van der Waals surface area contributed by atoms with E-state index in [1.165, 1.54) is 11.8 Å². The Labute approximate surface area is 118 Å². The van der Waals surface area contributed by atoms with E-state index in [-0.39, 0.29) is 6.42 Å². The fourth-order valence-corrected chi connectivity index (χ4v) is 2.81. The summed E-state index contributed by atoms with van der Waals surface area (Å²) in [6, 6.07) is 0. The zero-order valence-corrected chi connectivity index (χ0v) is 11.4. The van der Waals surface area contributed by atoms with Crippen LogP contribution in [0.4, 0.5) is 4.39 Å². The molecular weight excluding hydrogens is 287 g/mol. The van der Waals surface area contributed by atoms with Crippen LogP contribution in [0.2, 0.25) is 0 Å². The number of ether oxygens (including phenoxy) is 1. The number of rotatable bonds is 5. The highest BCUT2D eigenvalue weighted by atomic mass is 32.2. The number of aliphatic hydroxyl groups excluding tert-OH is 1. The molecule has 8 heteroatoms. The lowest BCUT2D eigenvalue weighted by atomic mass is 10.2. The third-order valence-electron chi connectivity index (χ3n) is 2.96. The second-order valence-corrected chi connectivity index (χ2v) is 5.48. The molecule has 1 fully saturated rings. The van der Waals surface area contributed by atoms with Gasteiger partial charge in [0.1, 0.15) is 6.23 Å². The van der Waals surface area contributed by atoms with Crippen LogP contribution < -0.4 is 11.2 Å². The van der Waals surface area contributed by atoms with Crippen molar-refractivity contribution in [2.24, 2.45) is 0 Å². The van der Waals surface area contributed by atoms with Gasteiger partial charge >= 0.3 is 5.69 Å². The van der Waals surface area contributed by atoms with Crippen LogP contribution in [0.5, 0.6) is 0 Å². The van der Waals surface area contributed by atoms with E-state index < -0.39 is 35.5 Å². The van der Waals surface area contributed by atoms with Gasteiger partial charge in [0.2, 0.25) is 5.82 Å². The molecule has 2 rings (SSSR count). The highest BCUT2D eigenvalue weighted by Crippen LogP contribution is 2.29. The molecule has 0 unspecified atom stereocenters. The van der Waals surface area contributed by atoms with Crippen molar-refractivity contribution < 1.29 is 14.2 Å². The van der Waals surface area contributed by atoms with Crippen molar-refractivity contribution in [2.75, 3.05) is 11.5 Å². The number of aromatic amines is 1. The van der Waals surface area contributed by atoms with Crippen LogP contribution in [0.3, 0.4) is 0 Å². The van der Waals surface area contributed by atoms with Gasteiger partial charge in [0.25, 0.3) is 5.56 Å². The van der Waals surface area contributed by atoms with Gasteiger partial charge < -0.3 is 9.84 Å². The summed E-state index contributed by atoms with van der Waals surface area (Å²) in [6.45, 7) is 3.59. The molecule has 0 saturated carbocycles. The molecule has 2 heterocycles. The van der Waals surface area contributed by atoms with Crippen LogP contribution in [0.15, 0.2) is 28.4 Å². The Balaban J connectivity index is 2.12. The zero-order valence-electron chi connectivity index (χ0n) is 10.6. The Kier molecular flexibility index (Phi) is 4.79. The van der Waals surface area contributed by atoms with Gasteiger partial charge in [-0.25, -0.2) is 4.79 Å². The molecule has 6 nitrogen and oxygen atoms in total. The summed E-state index contributed by atoms with van der Waals surface area (Å²) in [5, 5.41) is 9.89. The predicted octanol–water partition coefficient (Wildman–Crippen LogP) is 0.243. The molecule has 0 aromatic carbocycles. The van der Waals surface area contributed by atoms with Gasteiger partial charge in [0, 0.05) is 17.9 Å². The minimum absolute atomic E-state index is 0.171. The number of H-pyrrole nitrogens is 1.